The number of unbranched alkanes of at least 4 members (excludes halogenated alkanes) is 16. The minimum atomic E-state index is -0.0408. The molecule has 0 aliphatic carbocycles. The first-order valence-electron chi connectivity index (χ1n) is 11.5. The molecule has 0 unspecified atom stereocenters. The summed E-state index contributed by atoms with van der Waals surface area (Å²) < 4.78 is 5.21. The van der Waals surface area contributed by atoms with E-state index in [1.165, 1.54) is 103 Å². The second kappa shape index (κ2) is 23.0. The van der Waals surface area contributed by atoms with Crippen molar-refractivity contribution in [3.05, 3.63) is 0 Å². The lowest BCUT2D eigenvalue weighted by molar-refractivity contribution is -0.143. The van der Waals surface area contributed by atoms with E-state index in [1.54, 1.807) is 0 Å². The first-order chi connectivity index (χ1) is 12.8. The summed E-state index contributed by atoms with van der Waals surface area (Å²) in [4.78, 5) is 11.3. The molecule has 3 heteroatoms. The van der Waals surface area contributed by atoms with Crippen LogP contribution in [0.15, 0.2) is 0 Å². The number of carbonyl (C=O) groups is 1. The Bertz CT molecular complexity index is 281. The number of ether oxygens (including phenoxy) is 1. The molecule has 156 valence electrons. The van der Waals surface area contributed by atoms with Crippen LogP contribution in [0.3, 0.4) is 0 Å². The van der Waals surface area contributed by atoms with Gasteiger partial charge in [-0.05, 0) is 12.8 Å². The molecule has 0 heterocycles. The Labute approximate surface area is 172 Å². The first-order valence-corrected chi connectivity index (χ1v) is 12.6. The molecule has 0 rings (SSSR count). The van der Waals surface area contributed by atoms with Gasteiger partial charge in [0, 0.05) is 11.8 Å². The second-order valence-electron chi connectivity index (χ2n) is 7.67. The maximum absolute atomic E-state index is 11.3. The van der Waals surface area contributed by atoms with Crippen molar-refractivity contribution in [3.63, 3.8) is 0 Å². The molecule has 0 aliphatic rings. The largest absolute Gasteiger partial charge is 0.466 e. The first kappa shape index (κ1) is 26.0. The lowest BCUT2D eigenvalue weighted by atomic mass is 10.0. The van der Waals surface area contributed by atoms with Crippen LogP contribution in [0.1, 0.15) is 129 Å². The summed E-state index contributed by atoms with van der Waals surface area (Å²) >= 11 is 3.33. The third kappa shape index (κ3) is 22.0. The van der Waals surface area contributed by atoms with Crippen molar-refractivity contribution in [2.75, 3.05) is 11.9 Å². The maximum Gasteiger partial charge on any atom is 0.305 e. The van der Waals surface area contributed by atoms with Crippen LogP contribution in [0.5, 0.6) is 0 Å². The van der Waals surface area contributed by atoms with Crippen LogP contribution in [0, 0.1) is 0 Å². The van der Waals surface area contributed by atoms with Crippen LogP contribution >= 0.6 is 15.9 Å². The van der Waals surface area contributed by atoms with Crippen LogP contribution in [0.4, 0.5) is 0 Å². The van der Waals surface area contributed by atoms with Gasteiger partial charge in [-0.2, -0.15) is 0 Å². The summed E-state index contributed by atoms with van der Waals surface area (Å²) in [6.07, 6.45) is 24.8. The molecular formula is C23H45BrO2. The van der Waals surface area contributed by atoms with Gasteiger partial charge < -0.3 is 4.74 Å². The van der Waals surface area contributed by atoms with Crippen molar-refractivity contribution < 1.29 is 9.53 Å². The molecule has 0 radical (unpaired) electrons. The van der Waals surface area contributed by atoms with Crippen molar-refractivity contribution in [2.24, 2.45) is 0 Å². The van der Waals surface area contributed by atoms with Gasteiger partial charge in [0.15, 0.2) is 0 Å². The molecule has 0 atom stereocenters. The summed E-state index contributed by atoms with van der Waals surface area (Å²) in [5, 5.41) is 0.876. The van der Waals surface area contributed by atoms with Gasteiger partial charge in [-0.1, -0.05) is 126 Å². The van der Waals surface area contributed by atoms with Crippen LogP contribution in [0.25, 0.3) is 0 Å². The molecule has 0 spiro atoms. The van der Waals surface area contributed by atoms with Crippen LogP contribution < -0.4 is 0 Å². The molecule has 0 fully saturated rings. The fourth-order valence-corrected chi connectivity index (χ4v) is 3.58. The Kier molecular flexibility index (Phi) is 22.9. The topological polar surface area (TPSA) is 26.3 Å². The molecule has 0 saturated heterocycles. The van der Waals surface area contributed by atoms with E-state index in [4.69, 9.17) is 4.74 Å². The van der Waals surface area contributed by atoms with Gasteiger partial charge in [0.2, 0.25) is 0 Å². The zero-order valence-electron chi connectivity index (χ0n) is 17.5. The van der Waals surface area contributed by atoms with Gasteiger partial charge >= 0.3 is 5.97 Å². The van der Waals surface area contributed by atoms with E-state index in [9.17, 15) is 4.79 Å². The molecule has 2 nitrogen and oxygen atoms in total. The predicted molar refractivity (Wildman–Crippen MR) is 118 cm³/mol. The number of alkyl halides is 1. The molecule has 0 aromatic carbocycles. The number of carbonyl (C=O) groups excluding carboxylic acids is 1. The normalized spacial score (nSPS) is 11.0. The van der Waals surface area contributed by atoms with Gasteiger partial charge in [-0.3, -0.25) is 4.79 Å². The van der Waals surface area contributed by atoms with Gasteiger partial charge in [0.05, 0.1) is 6.61 Å². The van der Waals surface area contributed by atoms with Gasteiger partial charge in [-0.15, -0.1) is 0 Å². The maximum atomic E-state index is 11.3. The molecular weight excluding hydrogens is 388 g/mol. The van der Waals surface area contributed by atoms with Crippen molar-refractivity contribution in [1.29, 1.82) is 0 Å². The standard InChI is InChI=1S/C23H45BrO2/c1-2-3-4-5-6-7-8-9-10-11-12-13-14-15-16-17-18-22-26-23(25)20-19-21-24/h2-22H2,1H3. The fourth-order valence-electron chi connectivity index (χ4n) is 3.30. The number of hydrogen-bond donors (Lipinski definition) is 0. The highest BCUT2D eigenvalue weighted by atomic mass is 79.9. The Morgan fingerprint density at radius 1 is 0.615 bits per heavy atom. The third-order valence-electron chi connectivity index (χ3n) is 5.03. The van der Waals surface area contributed by atoms with E-state index in [1.807, 2.05) is 0 Å². The smallest absolute Gasteiger partial charge is 0.305 e. The molecule has 26 heavy (non-hydrogen) atoms. The highest BCUT2D eigenvalue weighted by Gasteiger charge is 2.01. The summed E-state index contributed by atoms with van der Waals surface area (Å²) in [6, 6.07) is 0. The Morgan fingerprint density at radius 2 is 1.00 bits per heavy atom. The fraction of sp³-hybridized carbons (Fsp3) is 0.957. The Hall–Kier alpha value is -0.0500. The second-order valence-corrected chi connectivity index (χ2v) is 8.46. The molecule has 0 aromatic rings. The SMILES string of the molecule is CCCCCCCCCCCCCCCCCCCOC(=O)CCCBr. The zero-order valence-corrected chi connectivity index (χ0v) is 19.1. The number of halogens is 1. The average Bonchev–Trinajstić information content (AvgIpc) is 2.65. The minimum absolute atomic E-state index is 0.0408. The van der Waals surface area contributed by atoms with Crippen LogP contribution in [0.2, 0.25) is 0 Å². The van der Waals surface area contributed by atoms with Crippen molar-refractivity contribution in [2.45, 2.75) is 129 Å². The van der Waals surface area contributed by atoms with Crippen molar-refractivity contribution >= 4 is 21.9 Å². The predicted octanol–water partition coefficient (Wildman–Crippen LogP) is 8.36. The molecule has 0 N–H and O–H groups in total. The van der Waals surface area contributed by atoms with Gasteiger partial charge in [0.25, 0.3) is 0 Å². The highest BCUT2D eigenvalue weighted by Crippen LogP contribution is 2.14. The minimum Gasteiger partial charge on any atom is -0.466 e. The highest BCUT2D eigenvalue weighted by molar-refractivity contribution is 9.09. The van der Waals surface area contributed by atoms with E-state index >= 15 is 0 Å². The zero-order chi connectivity index (χ0) is 19.1. The summed E-state index contributed by atoms with van der Waals surface area (Å²) in [5.74, 6) is -0.0408. The average molecular weight is 434 g/mol. The molecule has 0 saturated carbocycles. The summed E-state index contributed by atoms with van der Waals surface area (Å²) in [7, 11) is 0. The molecule has 0 bridgehead atoms. The van der Waals surface area contributed by atoms with Crippen LogP contribution in [-0.4, -0.2) is 17.9 Å². The van der Waals surface area contributed by atoms with E-state index in [-0.39, 0.29) is 5.97 Å². The number of rotatable bonds is 21. The van der Waals surface area contributed by atoms with Crippen molar-refractivity contribution in [1.82, 2.24) is 0 Å². The lowest BCUT2D eigenvalue weighted by Crippen LogP contribution is -2.05. The van der Waals surface area contributed by atoms with E-state index < -0.39 is 0 Å². The third-order valence-corrected chi connectivity index (χ3v) is 5.59. The lowest BCUT2D eigenvalue weighted by Gasteiger charge is -2.05. The van der Waals surface area contributed by atoms with Gasteiger partial charge in [0.1, 0.15) is 0 Å². The summed E-state index contributed by atoms with van der Waals surface area (Å²) in [5.41, 5.74) is 0. The number of hydrogen-bond acceptors (Lipinski definition) is 2. The van der Waals surface area contributed by atoms with Crippen LogP contribution in [-0.2, 0) is 9.53 Å². The van der Waals surface area contributed by atoms with E-state index in [2.05, 4.69) is 22.9 Å². The number of esters is 1. The Morgan fingerprint density at radius 3 is 1.38 bits per heavy atom. The van der Waals surface area contributed by atoms with E-state index in [0.29, 0.717) is 13.0 Å². The van der Waals surface area contributed by atoms with Gasteiger partial charge in [-0.25, -0.2) is 0 Å². The summed E-state index contributed by atoms with van der Waals surface area (Å²) in [6.45, 7) is 2.90. The quantitative estimate of drug-likeness (QED) is 0.103. The monoisotopic (exact) mass is 432 g/mol. The van der Waals surface area contributed by atoms with Crippen molar-refractivity contribution in [3.8, 4) is 0 Å². The Balaban J connectivity index is 3.04. The molecule has 0 aliphatic heterocycles. The molecule has 0 aromatic heterocycles. The van der Waals surface area contributed by atoms with E-state index in [0.717, 1.165) is 18.2 Å². The molecule has 0 amide bonds.